The molecule has 0 bridgehead atoms. The van der Waals surface area contributed by atoms with Crippen molar-refractivity contribution in [1.29, 1.82) is 0 Å². The molecule has 0 aliphatic heterocycles. The van der Waals surface area contributed by atoms with E-state index in [0.29, 0.717) is 17.9 Å². The molecule has 0 N–H and O–H groups in total. The minimum atomic E-state index is -0.311. The molecular formula is C22H21N3O3. The minimum absolute atomic E-state index is 0.244. The van der Waals surface area contributed by atoms with Gasteiger partial charge in [-0.1, -0.05) is 24.3 Å². The summed E-state index contributed by atoms with van der Waals surface area (Å²) in [5, 5.41) is 5.68. The van der Waals surface area contributed by atoms with Crippen LogP contribution in [0.1, 0.15) is 23.4 Å². The molecule has 0 aliphatic rings. The van der Waals surface area contributed by atoms with Gasteiger partial charge in [0.05, 0.1) is 19.0 Å². The first-order valence-electron chi connectivity index (χ1n) is 9.15. The van der Waals surface area contributed by atoms with Crippen molar-refractivity contribution in [2.75, 3.05) is 7.11 Å². The highest BCUT2D eigenvalue weighted by atomic mass is 16.6. The van der Waals surface area contributed by atoms with E-state index < -0.39 is 0 Å². The van der Waals surface area contributed by atoms with E-state index >= 15 is 0 Å². The molecule has 0 saturated carbocycles. The van der Waals surface area contributed by atoms with Gasteiger partial charge in [-0.15, -0.1) is 0 Å². The van der Waals surface area contributed by atoms with Crippen LogP contribution in [-0.4, -0.2) is 27.7 Å². The zero-order valence-electron chi connectivity index (χ0n) is 16.1. The van der Waals surface area contributed by atoms with Crippen LogP contribution in [0.15, 0.2) is 48.5 Å². The van der Waals surface area contributed by atoms with Crippen LogP contribution in [0.3, 0.4) is 0 Å². The molecule has 142 valence electrons. The fraction of sp³-hybridized carbons (Fsp3) is 0.227. The van der Waals surface area contributed by atoms with Crippen LogP contribution >= 0.6 is 0 Å². The van der Waals surface area contributed by atoms with Crippen molar-refractivity contribution in [3.8, 4) is 11.5 Å². The van der Waals surface area contributed by atoms with Gasteiger partial charge in [0, 0.05) is 16.8 Å². The number of aryl methyl sites for hydroxylation is 2. The maximum Gasteiger partial charge on any atom is 0.311 e. The molecule has 0 unspecified atom stereocenters. The third-order valence-corrected chi connectivity index (χ3v) is 4.89. The van der Waals surface area contributed by atoms with Gasteiger partial charge in [0.1, 0.15) is 0 Å². The molecule has 0 radical (unpaired) electrons. The third kappa shape index (κ3) is 3.17. The third-order valence-electron chi connectivity index (χ3n) is 4.89. The molecule has 6 heteroatoms. The van der Waals surface area contributed by atoms with Gasteiger partial charge in [-0.25, -0.2) is 9.50 Å². The Morgan fingerprint density at radius 1 is 1.04 bits per heavy atom. The fourth-order valence-electron chi connectivity index (χ4n) is 3.44. The highest BCUT2D eigenvalue weighted by molar-refractivity contribution is 5.92. The molecule has 2 aromatic carbocycles. The molecule has 4 rings (SSSR count). The predicted molar refractivity (Wildman–Crippen MR) is 107 cm³/mol. The van der Waals surface area contributed by atoms with E-state index in [1.54, 1.807) is 25.3 Å². The number of benzene rings is 2. The molecular weight excluding hydrogens is 354 g/mol. The van der Waals surface area contributed by atoms with E-state index in [-0.39, 0.29) is 12.4 Å². The molecule has 4 aromatic rings. The zero-order chi connectivity index (χ0) is 19.7. The number of nitrogens with zero attached hydrogens (tertiary/aromatic N) is 3. The van der Waals surface area contributed by atoms with Crippen LogP contribution in [-0.2, 0) is 11.2 Å². The van der Waals surface area contributed by atoms with Crippen molar-refractivity contribution in [3.05, 3.63) is 65.5 Å². The second-order valence-corrected chi connectivity index (χ2v) is 6.64. The van der Waals surface area contributed by atoms with Crippen molar-refractivity contribution in [2.45, 2.75) is 26.7 Å². The van der Waals surface area contributed by atoms with Crippen molar-refractivity contribution in [1.82, 2.24) is 14.6 Å². The Bertz CT molecular complexity index is 1180. The van der Waals surface area contributed by atoms with E-state index in [1.807, 2.05) is 48.7 Å². The average molecular weight is 375 g/mol. The van der Waals surface area contributed by atoms with Crippen LogP contribution in [0.25, 0.3) is 16.6 Å². The number of esters is 1. The van der Waals surface area contributed by atoms with Crippen molar-refractivity contribution in [3.63, 3.8) is 0 Å². The van der Waals surface area contributed by atoms with Crippen LogP contribution in [0.5, 0.6) is 11.5 Å². The quantitative estimate of drug-likeness (QED) is 0.389. The normalized spacial score (nSPS) is 11.1. The molecule has 0 amide bonds. The topological polar surface area (TPSA) is 65.7 Å². The second kappa shape index (κ2) is 7.31. The molecule has 0 atom stereocenters. The van der Waals surface area contributed by atoms with Gasteiger partial charge in [0.25, 0.3) is 0 Å². The van der Waals surface area contributed by atoms with Gasteiger partial charge < -0.3 is 9.47 Å². The number of carbonyl (C=O) groups excluding carboxylic acids is 1. The smallest absolute Gasteiger partial charge is 0.311 e. The number of aromatic nitrogens is 3. The van der Waals surface area contributed by atoms with Gasteiger partial charge in [0.15, 0.2) is 17.1 Å². The summed E-state index contributed by atoms with van der Waals surface area (Å²) in [4.78, 5) is 17.1. The van der Waals surface area contributed by atoms with Crippen LogP contribution in [0.4, 0.5) is 0 Å². The van der Waals surface area contributed by atoms with E-state index in [0.717, 1.165) is 33.5 Å². The van der Waals surface area contributed by atoms with Crippen molar-refractivity contribution < 1.29 is 14.3 Å². The van der Waals surface area contributed by atoms with E-state index in [4.69, 9.17) is 14.5 Å². The second-order valence-electron chi connectivity index (χ2n) is 6.64. The summed E-state index contributed by atoms with van der Waals surface area (Å²) in [6.45, 7) is 3.98. The Kier molecular flexibility index (Phi) is 4.69. The lowest BCUT2D eigenvalue weighted by molar-refractivity contribution is -0.134. The van der Waals surface area contributed by atoms with Crippen LogP contribution in [0, 0.1) is 13.8 Å². The first kappa shape index (κ1) is 18.0. The van der Waals surface area contributed by atoms with Crippen LogP contribution in [0.2, 0.25) is 0 Å². The Hall–Kier alpha value is -3.41. The highest BCUT2D eigenvalue weighted by Gasteiger charge is 2.16. The van der Waals surface area contributed by atoms with Crippen LogP contribution < -0.4 is 9.47 Å². The van der Waals surface area contributed by atoms with Crippen molar-refractivity contribution in [2.24, 2.45) is 0 Å². The molecule has 6 nitrogen and oxygen atoms in total. The zero-order valence-corrected chi connectivity index (χ0v) is 16.1. The summed E-state index contributed by atoms with van der Waals surface area (Å²) < 4.78 is 12.6. The molecule has 2 aromatic heterocycles. The van der Waals surface area contributed by atoms with Gasteiger partial charge in [-0.2, -0.15) is 5.10 Å². The Morgan fingerprint density at radius 3 is 2.54 bits per heavy atom. The number of para-hydroxylation sites is 2. The van der Waals surface area contributed by atoms with Gasteiger partial charge in [-0.3, -0.25) is 4.79 Å². The summed E-state index contributed by atoms with van der Waals surface area (Å²) in [5.74, 6) is 0.652. The summed E-state index contributed by atoms with van der Waals surface area (Å²) in [6, 6.07) is 15.1. The largest absolute Gasteiger partial charge is 0.493 e. The highest BCUT2D eigenvalue weighted by Crippen LogP contribution is 2.27. The Labute approximate surface area is 162 Å². The SMILES string of the molecule is COc1ccccc1OC(=O)CCc1c(C)nc2c3ccccc3nn2c1C. The lowest BCUT2D eigenvalue weighted by Gasteiger charge is -2.12. The van der Waals surface area contributed by atoms with E-state index in [9.17, 15) is 4.79 Å². The number of fused-ring (bicyclic) bond motifs is 3. The molecule has 28 heavy (non-hydrogen) atoms. The standard InChI is InChI=1S/C22H21N3O3/c1-14-16(12-13-21(26)28-20-11-7-6-10-19(20)27-3)15(2)25-22(23-14)17-8-4-5-9-18(17)24-25/h4-11H,12-13H2,1-3H3. The summed E-state index contributed by atoms with van der Waals surface area (Å²) in [7, 11) is 1.55. The first-order valence-corrected chi connectivity index (χ1v) is 9.15. The molecule has 0 fully saturated rings. The van der Waals surface area contributed by atoms with Gasteiger partial charge in [-0.05, 0) is 50.1 Å². The summed E-state index contributed by atoms with van der Waals surface area (Å²) >= 11 is 0. The fourth-order valence-corrected chi connectivity index (χ4v) is 3.44. The number of ether oxygens (including phenoxy) is 2. The summed E-state index contributed by atoms with van der Waals surface area (Å²) in [6.07, 6.45) is 0.776. The maximum absolute atomic E-state index is 12.4. The Morgan fingerprint density at radius 2 is 1.75 bits per heavy atom. The molecule has 0 saturated heterocycles. The van der Waals surface area contributed by atoms with E-state index in [2.05, 4.69) is 5.10 Å². The first-order chi connectivity index (χ1) is 13.6. The van der Waals surface area contributed by atoms with Crippen molar-refractivity contribution >= 4 is 22.5 Å². The molecule has 2 heterocycles. The number of carbonyl (C=O) groups is 1. The Balaban J connectivity index is 1.58. The number of methoxy groups -OCH3 is 1. The number of hydrogen-bond donors (Lipinski definition) is 0. The number of rotatable bonds is 5. The molecule has 0 spiro atoms. The number of hydrogen-bond acceptors (Lipinski definition) is 5. The monoisotopic (exact) mass is 375 g/mol. The van der Waals surface area contributed by atoms with Gasteiger partial charge in [0.2, 0.25) is 0 Å². The van der Waals surface area contributed by atoms with E-state index in [1.165, 1.54) is 0 Å². The lowest BCUT2D eigenvalue weighted by atomic mass is 10.1. The average Bonchev–Trinajstić information content (AvgIpc) is 3.07. The lowest BCUT2D eigenvalue weighted by Crippen LogP contribution is -2.12. The summed E-state index contributed by atoms with van der Waals surface area (Å²) in [5.41, 5.74) is 4.65. The van der Waals surface area contributed by atoms with Gasteiger partial charge >= 0.3 is 5.97 Å². The predicted octanol–water partition coefficient (Wildman–Crippen LogP) is 4.05. The maximum atomic E-state index is 12.4. The molecule has 0 aliphatic carbocycles. The minimum Gasteiger partial charge on any atom is -0.493 e.